The molecule has 1 unspecified atom stereocenters. The molecule has 0 bridgehead atoms. The number of aliphatic imine (C=N–C) groups is 1. The molecule has 1 aliphatic carbocycles. The molecule has 8 heteroatoms. The Labute approximate surface area is 168 Å². The van der Waals surface area contributed by atoms with Gasteiger partial charge in [-0.05, 0) is 47.6 Å². The highest BCUT2D eigenvalue weighted by Gasteiger charge is 2.43. The molecule has 1 aromatic rings. The summed E-state index contributed by atoms with van der Waals surface area (Å²) in [5, 5.41) is 3.37. The van der Waals surface area contributed by atoms with E-state index in [1.807, 2.05) is 12.3 Å². The average molecular weight is 467 g/mol. The first-order chi connectivity index (χ1) is 12.6. The van der Waals surface area contributed by atoms with Gasteiger partial charge in [-0.2, -0.15) is 0 Å². The normalized spacial score (nSPS) is 27.5. The molecule has 7 nitrogen and oxygen atoms in total. The van der Waals surface area contributed by atoms with Crippen molar-refractivity contribution >= 4 is 34.5 Å². The van der Waals surface area contributed by atoms with Crippen molar-refractivity contribution in [3.8, 4) is 0 Å². The quantitative estimate of drug-likeness (QED) is 0.583. The smallest absolute Gasteiger partial charge is 0.230 e. The van der Waals surface area contributed by atoms with E-state index in [0.717, 1.165) is 54.0 Å². The van der Waals surface area contributed by atoms with Gasteiger partial charge in [0.25, 0.3) is 0 Å². The number of hydrogen-bond donors (Lipinski definition) is 3. The van der Waals surface area contributed by atoms with Crippen LogP contribution in [0, 0.1) is 0 Å². The molecule has 3 aliphatic rings. The third-order valence-electron chi connectivity index (χ3n) is 5.54. The van der Waals surface area contributed by atoms with Gasteiger partial charge in [-0.25, -0.2) is 4.99 Å². The fraction of sp³-hybridized carbons (Fsp3) is 0.556. The van der Waals surface area contributed by atoms with E-state index >= 15 is 0 Å². The molecule has 3 heterocycles. The van der Waals surface area contributed by atoms with Crippen LogP contribution in [0.1, 0.15) is 31.4 Å². The molecule has 1 saturated carbocycles. The van der Waals surface area contributed by atoms with Crippen LogP contribution < -0.4 is 21.7 Å². The lowest BCUT2D eigenvalue weighted by Gasteiger charge is -2.45. The Bertz CT molecular complexity index is 705. The Hall–Kier alpha value is -1.39. The van der Waals surface area contributed by atoms with Gasteiger partial charge in [0.05, 0.1) is 15.5 Å². The third kappa shape index (κ3) is 3.18. The largest absolute Gasteiger partial charge is 0.384 e. The summed E-state index contributed by atoms with van der Waals surface area (Å²) in [6, 6.07) is 4.42. The lowest BCUT2D eigenvalue weighted by atomic mass is 10.1. The standard InChI is InChI=1S/C18H26IN7/c19-15-12-24-18(21,26(17(15)20)13-3-1-2-4-13)16-6-5-14(11-23-16)25-9-7-22-8-10-25/h5-6,11-13,22H,1-4,7-10,20-21H2. The van der Waals surface area contributed by atoms with Crippen LogP contribution in [-0.2, 0) is 5.79 Å². The van der Waals surface area contributed by atoms with E-state index in [1.165, 1.54) is 12.8 Å². The highest BCUT2D eigenvalue weighted by molar-refractivity contribution is 14.1. The van der Waals surface area contributed by atoms with E-state index in [9.17, 15) is 0 Å². The van der Waals surface area contributed by atoms with Crippen molar-refractivity contribution in [3.05, 3.63) is 33.4 Å². The number of nitrogens with two attached hydrogens (primary N) is 2. The van der Waals surface area contributed by atoms with Gasteiger partial charge in [0, 0.05) is 38.4 Å². The maximum absolute atomic E-state index is 6.81. The topological polar surface area (TPSA) is 95.8 Å². The second-order valence-corrected chi connectivity index (χ2v) is 8.33. The zero-order valence-electron chi connectivity index (χ0n) is 14.9. The van der Waals surface area contributed by atoms with E-state index in [1.54, 1.807) is 6.21 Å². The summed E-state index contributed by atoms with van der Waals surface area (Å²) < 4.78 is 0.938. The maximum atomic E-state index is 6.81. The first kappa shape index (κ1) is 18.0. The zero-order chi connectivity index (χ0) is 18.1. The molecule has 26 heavy (non-hydrogen) atoms. The Kier molecular flexibility index (Phi) is 5.07. The van der Waals surface area contributed by atoms with Gasteiger partial charge in [-0.15, -0.1) is 0 Å². The summed E-state index contributed by atoms with van der Waals surface area (Å²) in [6.07, 6.45) is 8.29. The molecule has 140 valence electrons. The van der Waals surface area contributed by atoms with Crippen molar-refractivity contribution in [2.45, 2.75) is 37.5 Å². The van der Waals surface area contributed by atoms with Gasteiger partial charge in [0.15, 0.2) is 0 Å². The van der Waals surface area contributed by atoms with E-state index in [4.69, 9.17) is 16.5 Å². The van der Waals surface area contributed by atoms with Crippen LogP contribution in [0.4, 0.5) is 5.69 Å². The first-order valence-corrected chi connectivity index (χ1v) is 10.4. The molecule has 0 spiro atoms. The third-order valence-corrected chi connectivity index (χ3v) is 6.37. The summed E-state index contributed by atoms with van der Waals surface area (Å²) in [7, 11) is 0. The first-order valence-electron chi connectivity index (χ1n) is 9.30. The monoisotopic (exact) mass is 467 g/mol. The number of rotatable bonds is 3. The van der Waals surface area contributed by atoms with Crippen molar-refractivity contribution < 1.29 is 0 Å². The minimum absolute atomic E-state index is 0.317. The summed E-state index contributed by atoms with van der Waals surface area (Å²) in [4.78, 5) is 13.8. The molecule has 0 amide bonds. The Morgan fingerprint density at radius 3 is 2.58 bits per heavy atom. The molecule has 0 radical (unpaired) electrons. The molecule has 0 aromatic carbocycles. The number of nitrogens with one attached hydrogen (secondary N) is 1. The summed E-state index contributed by atoms with van der Waals surface area (Å²) in [5.74, 6) is -0.321. The zero-order valence-corrected chi connectivity index (χ0v) is 17.0. The van der Waals surface area contributed by atoms with Gasteiger partial charge in [0.1, 0.15) is 11.5 Å². The fourth-order valence-corrected chi connectivity index (χ4v) is 4.52. The molecule has 1 aromatic heterocycles. The Balaban J connectivity index is 1.64. The highest BCUT2D eigenvalue weighted by Crippen LogP contribution is 2.38. The minimum atomic E-state index is -1.03. The molecule has 2 aliphatic heterocycles. The highest BCUT2D eigenvalue weighted by atomic mass is 127. The number of anilines is 1. The summed E-state index contributed by atoms with van der Waals surface area (Å²) in [6.45, 7) is 3.99. The fourth-order valence-electron chi connectivity index (χ4n) is 4.12. The molecule has 1 atom stereocenters. The second-order valence-electron chi connectivity index (χ2n) is 7.16. The SMILES string of the molecule is NC1=C(I)C=NC(N)(c2ccc(N3CCNCC3)cn2)N1C1CCCC1. The van der Waals surface area contributed by atoms with Crippen LogP contribution in [0.15, 0.2) is 32.7 Å². The summed E-state index contributed by atoms with van der Waals surface area (Å²) >= 11 is 2.23. The molecule has 4 rings (SSSR count). The van der Waals surface area contributed by atoms with Gasteiger partial charge in [-0.3, -0.25) is 10.7 Å². The number of pyridine rings is 1. The Morgan fingerprint density at radius 1 is 1.19 bits per heavy atom. The van der Waals surface area contributed by atoms with Crippen LogP contribution in [-0.4, -0.2) is 48.3 Å². The van der Waals surface area contributed by atoms with Crippen molar-refractivity contribution in [2.75, 3.05) is 31.1 Å². The van der Waals surface area contributed by atoms with Crippen molar-refractivity contribution in [2.24, 2.45) is 16.5 Å². The van der Waals surface area contributed by atoms with E-state index < -0.39 is 5.79 Å². The second kappa shape index (κ2) is 7.32. The number of hydrogen-bond acceptors (Lipinski definition) is 7. The van der Waals surface area contributed by atoms with Crippen LogP contribution in [0.2, 0.25) is 0 Å². The predicted molar refractivity (Wildman–Crippen MR) is 113 cm³/mol. The predicted octanol–water partition coefficient (Wildman–Crippen LogP) is 1.45. The van der Waals surface area contributed by atoms with Crippen LogP contribution in [0.25, 0.3) is 0 Å². The minimum Gasteiger partial charge on any atom is -0.384 e. The number of aromatic nitrogens is 1. The van der Waals surface area contributed by atoms with Crippen LogP contribution in [0.3, 0.4) is 0 Å². The summed E-state index contributed by atoms with van der Waals surface area (Å²) in [5.41, 5.74) is 15.1. The van der Waals surface area contributed by atoms with Gasteiger partial charge >= 0.3 is 0 Å². The number of nitrogens with zero attached hydrogens (tertiary/aromatic N) is 4. The van der Waals surface area contributed by atoms with Gasteiger partial charge in [-0.1, -0.05) is 12.8 Å². The van der Waals surface area contributed by atoms with Gasteiger partial charge < -0.3 is 20.9 Å². The number of piperazine rings is 1. The lowest BCUT2D eigenvalue weighted by Crippen LogP contribution is -2.58. The van der Waals surface area contributed by atoms with E-state index in [2.05, 4.69) is 48.8 Å². The number of allylic oxidation sites excluding steroid dienone is 1. The van der Waals surface area contributed by atoms with Crippen molar-refractivity contribution in [1.29, 1.82) is 0 Å². The lowest BCUT2D eigenvalue weighted by molar-refractivity contribution is 0.0837. The molecular weight excluding hydrogens is 441 g/mol. The van der Waals surface area contributed by atoms with E-state index in [0.29, 0.717) is 11.9 Å². The van der Waals surface area contributed by atoms with Crippen LogP contribution >= 0.6 is 22.6 Å². The molecule has 2 fully saturated rings. The Morgan fingerprint density at radius 2 is 1.92 bits per heavy atom. The molecule has 5 N–H and O–H groups in total. The molecular formula is C18H26IN7. The van der Waals surface area contributed by atoms with Crippen LogP contribution in [0.5, 0.6) is 0 Å². The number of halogens is 1. The van der Waals surface area contributed by atoms with Crippen molar-refractivity contribution in [1.82, 2.24) is 15.2 Å². The van der Waals surface area contributed by atoms with Gasteiger partial charge in [0.2, 0.25) is 5.79 Å². The van der Waals surface area contributed by atoms with E-state index in [-0.39, 0.29) is 0 Å². The molecule has 1 saturated heterocycles. The average Bonchev–Trinajstić information content (AvgIpc) is 3.20. The maximum Gasteiger partial charge on any atom is 0.230 e. The van der Waals surface area contributed by atoms with Crippen molar-refractivity contribution in [3.63, 3.8) is 0 Å².